The van der Waals surface area contributed by atoms with Crippen LogP contribution in [-0.4, -0.2) is 30.0 Å². The fraction of sp³-hybridized carbons (Fsp3) is 0.0800. The summed E-state index contributed by atoms with van der Waals surface area (Å²) in [6.07, 6.45) is 1.39. The van der Waals surface area contributed by atoms with Crippen LogP contribution < -0.4 is 16.4 Å². The molecule has 0 spiro atoms. The first kappa shape index (κ1) is 24.2. The summed E-state index contributed by atoms with van der Waals surface area (Å²) in [5, 5.41) is 6.84. The summed E-state index contributed by atoms with van der Waals surface area (Å²) in [7, 11) is -3.32. The van der Waals surface area contributed by atoms with Gasteiger partial charge in [0.1, 0.15) is 18.0 Å². The molecule has 3 aromatic carbocycles. The molecule has 0 saturated heterocycles. The fourth-order valence-electron chi connectivity index (χ4n) is 3.39. The molecule has 1 heterocycles. The largest absolute Gasteiger partial charge is 0.366 e. The van der Waals surface area contributed by atoms with Crippen molar-refractivity contribution in [2.45, 2.75) is 11.8 Å². The van der Waals surface area contributed by atoms with Crippen LogP contribution in [0.5, 0.6) is 0 Å². The van der Waals surface area contributed by atoms with Crippen LogP contribution in [0.15, 0.2) is 84.0 Å². The Hall–Kier alpha value is -3.95. The van der Waals surface area contributed by atoms with E-state index in [1.54, 1.807) is 67.6 Å². The molecule has 1 amide bonds. The number of hydrogen-bond acceptors (Lipinski definition) is 7. The number of nitrogens with zero attached hydrogens (tertiary/aromatic N) is 2. The van der Waals surface area contributed by atoms with Crippen LogP contribution >= 0.6 is 11.6 Å². The molecule has 4 aromatic rings. The van der Waals surface area contributed by atoms with Gasteiger partial charge in [-0.15, -0.1) is 0 Å². The molecule has 0 radical (unpaired) electrons. The van der Waals surface area contributed by atoms with Gasteiger partial charge >= 0.3 is 0 Å². The highest BCUT2D eigenvalue weighted by Crippen LogP contribution is 2.32. The summed E-state index contributed by atoms with van der Waals surface area (Å²) in [4.78, 5) is 20.3. The zero-order valence-electron chi connectivity index (χ0n) is 18.7. The van der Waals surface area contributed by atoms with Gasteiger partial charge in [0.15, 0.2) is 9.84 Å². The third kappa shape index (κ3) is 5.76. The van der Waals surface area contributed by atoms with E-state index in [1.807, 2.05) is 12.1 Å². The highest BCUT2D eigenvalue weighted by atomic mass is 35.5. The molecule has 35 heavy (non-hydrogen) atoms. The smallest absolute Gasteiger partial charge is 0.248 e. The van der Waals surface area contributed by atoms with E-state index < -0.39 is 15.7 Å². The van der Waals surface area contributed by atoms with Gasteiger partial charge in [-0.3, -0.25) is 4.79 Å². The van der Waals surface area contributed by atoms with Crippen LogP contribution in [0.3, 0.4) is 0 Å². The summed E-state index contributed by atoms with van der Waals surface area (Å²) >= 11 is 6.41. The minimum Gasteiger partial charge on any atom is -0.366 e. The quantitative estimate of drug-likeness (QED) is 0.300. The maximum atomic E-state index is 12.2. The molecule has 4 N–H and O–H groups in total. The van der Waals surface area contributed by atoms with Crippen molar-refractivity contribution in [2.75, 3.05) is 16.4 Å². The number of nitrogens with two attached hydrogens (primary N) is 1. The van der Waals surface area contributed by atoms with E-state index in [0.29, 0.717) is 27.9 Å². The normalized spacial score (nSPS) is 11.1. The average molecular weight is 508 g/mol. The number of hydrogen-bond donors (Lipinski definition) is 3. The highest BCUT2D eigenvalue weighted by Gasteiger charge is 2.12. The summed E-state index contributed by atoms with van der Waals surface area (Å²) < 4.78 is 24.3. The SMILES string of the molecule is CCS(=O)(=O)c1cccc(Nc2cc(Nc3ccc(Cl)c(-c4cccc(C(N)=O)c4)c3)ncn2)c1. The number of aromatic nitrogens is 2. The van der Waals surface area contributed by atoms with E-state index in [4.69, 9.17) is 17.3 Å². The predicted molar refractivity (Wildman–Crippen MR) is 138 cm³/mol. The second kappa shape index (κ2) is 10.1. The first-order chi connectivity index (χ1) is 16.7. The standard InChI is InChI=1S/C25H22ClN5O3S/c1-2-35(33,34)20-8-4-7-18(12-20)30-23-14-24(29-15-28-23)31-19-9-10-22(26)21(13-19)16-5-3-6-17(11-16)25(27)32/h3-15H,2H2,1H3,(H2,27,32)(H2,28,29,30,31). The zero-order valence-corrected chi connectivity index (χ0v) is 20.3. The Balaban J connectivity index is 1.57. The summed E-state index contributed by atoms with van der Waals surface area (Å²) in [5.74, 6) is 0.500. The van der Waals surface area contributed by atoms with E-state index >= 15 is 0 Å². The molecule has 0 fully saturated rings. The molecule has 0 atom stereocenters. The Kier molecular flexibility index (Phi) is 6.99. The molecule has 4 rings (SSSR count). The molecule has 0 aliphatic rings. The van der Waals surface area contributed by atoms with Crippen LogP contribution in [0.25, 0.3) is 11.1 Å². The van der Waals surface area contributed by atoms with Crippen LogP contribution in [0.1, 0.15) is 17.3 Å². The number of nitrogens with one attached hydrogen (secondary N) is 2. The molecule has 0 unspecified atom stereocenters. The van der Waals surface area contributed by atoms with Gasteiger partial charge in [0.25, 0.3) is 0 Å². The molecule has 10 heteroatoms. The lowest BCUT2D eigenvalue weighted by atomic mass is 10.0. The number of benzene rings is 3. The maximum Gasteiger partial charge on any atom is 0.248 e. The first-order valence-electron chi connectivity index (χ1n) is 10.6. The number of carbonyl (C=O) groups is 1. The number of rotatable bonds is 8. The minimum atomic E-state index is -3.32. The van der Waals surface area contributed by atoms with Gasteiger partial charge in [-0.25, -0.2) is 18.4 Å². The third-order valence-electron chi connectivity index (χ3n) is 5.21. The number of primary amides is 1. The van der Waals surface area contributed by atoms with Gasteiger partial charge in [0.05, 0.1) is 10.6 Å². The molecule has 0 saturated carbocycles. The van der Waals surface area contributed by atoms with Gasteiger partial charge in [-0.1, -0.05) is 36.7 Å². The summed E-state index contributed by atoms with van der Waals surface area (Å²) in [5.41, 5.74) is 8.57. The van der Waals surface area contributed by atoms with Gasteiger partial charge in [-0.2, -0.15) is 0 Å². The van der Waals surface area contributed by atoms with Crippen molar-refractivity contribution in [3.63, 3.8) is 0 Å². The Morgan fingerprint density at radius 1 is 0.914 bits per heavy atom. The van der Waals surface area contributed by atoms with Gasteiger partial charge in [0.2, 0.25) is 5.91 Å². The lowest BCUT2D eigenvalue weighted by Gasteiger charge is -2.12. The average Bonchev–Trinajstić information content (AvgIpc) is 2.85. The first-order valence-corrected chi connectivity index (χ1v) is 12.7. The van der Waals surface area contributed by atoms with Crippen LogP contribution in [-0.2, 0) is 9.84 Å². The number of halogens is 1. The van der Waals surface area contributed by atoms with Crippen molar-refractivity contribution in [3.05, 3.63) is 89.7 Å². The Bertz CT molecular complexity index is 1510. The lowest BCUT2D eigenvalue weighted by Crippen LogP contribution is -2.10. The van der Waals surface area contributed by atoms with Crippen molar-refractivity contribution in [1.29, 1.82) is 0 Å². The summed E-state index contributed by atoms with van der Waals surface area (Å²) in [6, 6.07) is 20.6. The Morgan fingerprint density at radius 2 is 1.60 bits per heavy atom. The van der Waals surface area contributed by atoms with E-state index in [1.165, 1.54) is 6.33 Å². The van der Waals surface area contributed by atoms with Crippen LogP contribution in [0.4, 0.5) is 23.0 Å². The second-order valence-electron chi connectivity index (χ2n) is 7.61. The monoisotopic (exact) mass is 507 g/mol. The molecule has 1 aromatic heterocycles. The van der Waals surface area contributed by atoms with Crippen molar-refractivity contribution in [2.24, 2.45) is 5.73 Å². The van der Waals surface area contributed by atoms with Crippen molar-refractivity contribution >= 4 is 50.4 Å². The number of anilines is 4. The topological polar surface area (TPSA) is 127 Å². The van der Waals surface area contributed by atoms with Crippen LogP contribution in [0.2, 0.25) is 5.02 Å². The fourth-order valence-corrected chi connectivity index (χ4v) is 4.54. The van der Waals surface area contributed by atoms with E-state index in [2.05, 4.69) is 20.6 Å². The van der Waals surface area contributed by atoms with E-state index in [9.17, 15) is 13.2 Å². The Labute approximate surface area is 208 Å². The minimum absolute atomic E-state index is 0.0218. The van der Waals surface area contributed by atoms with Crippen molar-refractivity contribution < 1.29 is 13.2 Å². The maximum absolute atomic E-state index is 12.2. The number of sulfone groups is 1. The highest BCUT2D eigenvalue weighted by molar-refractivity contribution is 7.91. The lowest BCUT2D eigenvalue weighted by molar-refractivity contribution is 0.100. The molecule has 178 valence electrons. The Morgan fingerprint density at radius 3 is 2.29 bits per heavy atom. The second-order valence-corrected chi connectivity index (χ2v) is 10.3. The van der Waals surface area contributed by atoms with E-state index in [-0.39, 0.29) is 10.6 Å². The molecule has 0 bridgehead atoms. The van der Waals surface area contributed by atoms with Crippen LogP contribution in [0, 0.1) is 0 Å². The summed E-state index contributed by atoms with van der Waals surface area (Å²) in [6.45, 7) is 1.61. The third-order valence-corrected chi connectivity index (χ3v) is 7.27. The molecule has 0 aliphatic carbocycles. The molecule has 0 aliphatic heterocycles. The molecular weight excluding hydrogens is 486 g/mol. The zero-order chi connectivity index (χ0) is 25.0. The number of carbonyl (C=O) groups excluding carboxylic acids is 1. The van der Waals surface area contributed by atoms with Crippen molar-refractivity contribution in [3.8, 4) is 11.1 Å². The van der Waals surface area contributed by atoms with E-state index in [0.717, 1.165) is 16.8 Å². The van der Waals surface area contributed by atoms with Crippen molar-refractivity contribution in [1.82, 2.24) is 9.97 Å². The molecular formula is C25H22ClN5O3S. The molecule has 8 nitrogen and oxygen atoms in total. The van der Waals surface area contributed by atoms with Gasteiger partial charge in [0, 0.05) is 33.6 Å². The van der Waals surface area contributed by atoms with Gasteiger partial charge in [-0.05, 0) is 54.1 Å². The number of amides is 1. The van der Waals surface area contributed by atoms with Gasteiger partial charge < -0.3 is 16.4 Å². The predicted octanol–water partition coefficient (Wildman–Crippen LogP) is 5.18.